The first-order chi connectivity index (χ1) is 13.0. The number of aromatic nitrogens is 4. The van der Waals surface area contributed by atoms with Gasteiger partial charge in [0.25, 0.3) is 5.91 Å². The number of carbonyl (C=O) groups is 1. The molecule has 1 aliphatic heterocycles. The SMILES string of the molecule is Cc1ccc(-c2nc(C(=O)NC3CCCN(c4ccnn4C)C3)cs2)n1C. The smallest absolute Gasteiger partial charge is 0.271 e. The quantitative estimate of drug-likeness (QED) is 0.751. The molecule has 4 heterocycles. The number of anilines is 1. The number of nitrogens with one attached hydrogen (secondary N) is 1. The summed E-state index contributed by atoms with van der Waals surface area (Å²) in [6.45, 7) is 3.83. The van der Waals surface area contributed by atoms with E-state index in [4.69, 9.17) is 0 Å². The molecule has 1 saturated heterocycles. The van der Waals surface area contributed by atoms with E-state index in [1.807, 2.05) is 36.3 Å². The van der Waals surface area contributed by atoms with Crippen molar-refractivity contribution in [3.63, 3.8) is 0 Å². The third kappa shape index (κ3) is 3.49. The van der Waals surface area contributed by atoms with Crippen molar-refractivity contribution in [3.8, 4) is 10.7 Å². The zero-order valence-electron chi connectivity index (χ0n) is 15.8. The second-order valence-electron chi connectivity index (χ2n) is 7.03. The summed E-state index contributed by atoms with van der Waals surface area (Å²) in [5, 5.41) is 10.1. The highest BCUT2D eigenvalue weighted by atomic mass is 32.1. The van der Waals surface area contributed by atoms with Crippen LogP contribution in [0.5, 0.6) is 0 Å². The summed E-state index contributed by atoms with van der Waals surface area (Å²) in [4.78, 5) is 19.5. The first-order valence-corrected chi connectivity index (χ1v) is 10.0. The van der Waals surface area contributed by atoms with Crippen molar-refractivity contribution >= 4 is 23.1 Å². The number of carbonyl (C=O) groups excluding carboxylic acids is 1. The van der Waals surface area contributed by atoms with Crippen molar-refractivity contribution < 1.29 is 4.79 Å². The number of rotatable bonds is 4. The van der Waals surface area contributed by atoms with Gasteiger partial charge in [-0.25, -0.2) is 4.98 Å². The monoisotopic (exact) mass is 384 g/mol. The Hall–Kier alpha value is -2.61. The van der Waals surface area contributed by atoms with Crippen molar-refractivity contribution in [1.29, 1.82) is 0 Å². The van der Waals surface area contributed by atoms with Gasteiger partial charge in [0.2, 0.25) is 0 Å². The predicted molar refractivity (Wildman–Crippen MR) is 107 cm³/mol. The van der Waals surface area contributed by atoms with E-state index in [2.05, 4.69) is 37.9 Å². The van der Waals surface area contributed by atoms with Crippen molar-refractivity contribution in [2.24, 2.45) is 14.1 Å². The van der Waals surface area contributed by atoms with Gasteiger partial charge in [-0.3, -0.25) is 9.48 Å². The average molecular weight is 385 g/mol. The lowest BCUT2D eigenvalue weighted by Gasteiger charge is -2.34. The van der Waals surface area contributed by atoms with E-state index in [1.54, 1.807) is 6.20 Å². The minimum Gasteiger partial charge on any atom is -0.355 e. The predicted octanol–water partition coefficient (Wildman–Crippen LogP) is 2.59. The average Bonchev–Trinajstić information content (AvgIpc) is 3.37. The molecule has 27 heavy (non-hydrogen) atoms. The van der Waals surface area contributed by atoms with Gasteiger partial charge in [-0.05, 0) is 31.9 Å². The van der Waals surface area contributed by atoms with Crippen molar-refractivity contribution in [2.45, 2.75) is 25.8 Å². The molecule has 0 aliphatic carbocycles. The lowest BCUT2D eigenvalue weighted by Crippen LogP contribution is -2.48. The molecule has 8 heteroatoms. The third-order valence-corrected chi connectivity index (χ3v) is 6.07. The summed E-state index contributed by atoms with van der Waals surface area (Å²) in [6, 6.07) is 6.23. The number of aryl methyl sites for hydroxylation is 2. The maximum Gasteiger partial charge on any atom is 0.271 e. The Labute approximate surface area is 162 Å². The molecule has 0 aromatic carbocycles. The third-order valence-electron chi connectivity index (χ3n) is 5.20. The molecule has 4 rings (SSSR count). The van der Waals surface area contributed by atoms with E-state index in [1.165, 1.54) is 17.0 Å². The first-order valence-electron chi connectivity index (χ1n) is 9.15. The van der Waals surface area contributed by atoms with E-state index >= 15 is 0 Å². The highest BCUT2D eigenvalue weighted by Gasteiger charge is 2.24. The molecular formula is C19H24N6OS. The van der Waals surface area contributed by atoms with Crippen molar-refractivity contribution in [3.05, 3.63) is 41.2 Å². The van der Waals surface area contributed by atoms with E-state index < -0.39 is 0 Å². The second-order valence-corrected chi connectivity index (χ2v) is 7.89. The molecule has 3 aromatic rings. The van der Waals surface area contributed by atoms with Crippen LogP contribution in [0, 0.1) is 6.92 Å². The van der Waals surface area contributed by atoms with E-state index in [0.29, 0.717) is 5.69 Å². The Kier molecular flexibility index (Phi) is 4.73. The van der Waals surface area contributed by atoms with Gasteiger partial charge in [0, 0.05) is 50.4 Å². The Morgan fingerprint density at radius 2 is 2.15 bits per heavy atom. The Morgan fingerprint density at radius 3 is 2.85 bits per heavy atom. The molecule has 0 radical (unpaired) electrons. The van der Waals surface area contributed by atoms with Crippen LogP contribution in [-0.2, 0) is 14.1 Å². The van der Waals surface area contributed by atoms with Crippen LogP contribution in [0.4, 0.5) is 5.82 Å². The maximum atomic E-state index is 12.7. The van der Waals surface area contributed by atoms with Gasteiger partial charge in [0.05, 0.1) is 11.9 Å². The van der Waals surface area contributed by atoms with Gasteiger partial charge in [-0.2, -0.15) is 5.10 Å². The maximum absolute atomic E-state index is 12.7. The van der Waals surface area contributed by atoms with Crippen molar-refractivity contribution in [1.82, 2.24) is 24.6 Å². The van der Waals surface area contributed by atoms with Gasteiger partial charge >= 0.3 is 0 Å². The van der Waals surface area contributed by atoms with Crippen LogP contribution in [0.2, 0.25) is 0 Å². The Morgan fingerprint density at radius 1 is 1.30 bits per heavy atom. The number of thiazole rings is 1. The zero-order chi connectivity index (χ0) is 19.0. The summed E-state index contributed by atoms with van der Waals surface area (Å²) < 4.78 is 3.96. The van der Waals surface area contributed by atoms with E-state index in [0.717, 1.165) is 42.5 Å². The van der Waals surface area contributed by atoms with Crippen LogP contribution >= 0.6 is 11.3 Å². The van der Waals surface area contributed by atoms with Gasteiger partial charge in [-0.15, -0.1) is 11.3 Å². The number of nitrogens with zero attached hydrogens (tertiary/aromatic N) is 5. The largest absolute Gasteiger partial charge is 0.355 e. The van der Waals surface area contributed by atoms with Crippen LogP contribution in [0.1, 0.15) is 29.0 Å². The number of amides is 1. The van der Waals surface area contributed by atoms with E-state index in [-0.39, 0.29) is 11.9 Å². The summed E-state index contributed by atoms with van der Waals surface area (Å²) in [6.07, 6.45) is 3.83. The molecular weight excluding hydrogens is 360 g/mol. The topological polar surface area (TPSA) is 68.0 Å². The fraction of sp³-hybridized carbons (Fsp3) is 0.421. The summed E-state index contributed by atoms with van der Waals surface area (Å²) >= 11 is 1.51. The molecule has 1 unspecified atom stereocenters. The molecule has 0 bridgehead atoms. The Bertz CT molecular complexity index is 955. The Balaban J connectivity index is 1.43. The second kappa shape index (κ2) is 7.19. The molecule has 1 fully saturated rings. The highest BCUT2D eigenvalue weighted by Crippen LogP contribution is 2.25. The molecule has 1 N–H and O–H groups in total. The van der Waals surface area contributed by atoms with Crippen molar-refractivity contribution in [2.75, 3.05) is 18.0 Å². The lowest BCUT2D eigenvalue weighted by molar-refractivity contribution is 0.0929. The molecule has 1 atom stereocenters. The minimum atomic E-state index is -0.0970. The zero-order valence-corrected chi connectivity index (χ0v) is 16.7. The van der Waals surface area contributed by atoms with Gasteiger partial charge in [0.15, 0.2) is 0 Å². The number of hydrogen-bond donors (Lipinski definition) is 1. The molecule has 1 amide bonds. The number of piperidine rings is 1. The van der Waals surface area contributed by atoms with Gasteiger partial charge in [-0.1, -0.05) is 0 Å². The van der Waals surface area contributed by atoms with Gasteiger partial charge in [0.1, 0.15) is 16.5 Å². The summed E-state index contributed by atoms with van der Waals surface area (Å²) in [5.74, 6) is 0.990. The highest BCUT2D eigenvalue weighted by molar-refractivity contribution is 7.13. The minimum absolute atomic E-state index is 0.0970. The molecule has 7 nitrogen and oxygen atoms in total. The van der Waals surface area contributed by atoms with Crippen LogP contribution < -0.4 is 10.2 Å². The standard InChI is InChI=1S/C19H24N6OS/c1-13-6-7-16(23(13)2)19-22-15(12-27-19)18(26)21-14-5-4-10-25(11-14)17-8-9-20-24(17)3/h6-9,12,14H,4-5,10-11H2,1-3H3,(H,21,26). The molecule has 142 valence electrons. The van der Waals surface area contributed by atoms with Crippen LogP contribution in [-0.4, -0.2) is 44.4 Å². The molecule has 3 aromatic heterocycles. The number of hydrogen-bond acceptors (Lipinski definition) is 5. The summed E-state index contributed by atoms with van der Waals surface area (Å²) in [5.41, 5.74) is 2.70. The molecule has 0 saturated carbocycles. The van der Waals surface area contributed by atoms with Crippen LogP contribution in [0.15, 0.2) is 29.8 Å². The summed E-state index contributed by atoms with van der Waals surface area (Å²) in [7, 11) is 3.96. The molecule has 1 aliphatic rings. The molecule has 0 spiro atoms. The fourth-order valence-electron chi connectivity index (χ4n) is 3.56. The van der Waals surface area contributed by atoms with Crippen LogP contribution in [0.3, 0.4) is 0 Å². The lowest BCUT2D eigenvalue weighted by atomic mass is 10.1. The van der Waals surface area contributed by atoms with Crippen LogP contribution in [0.25, 0.3) is 10.7 Å². The normalized spacial score (nSPS) is 17.3. The fourth-order valence-corrected chi connectivity index (χ4v) is 4.42. The van der Waals surface area contributed by atoms with Gasteiger partial charge < -0.3 is 14.8 Å². The van der Waals surface area contributed by atoms with E-state index in [9.17, 15) is 4.79 Å². The first kappa shape index (κ1) is 17.8.